The first-order valence-electron chi connectivity index (χ1n) is 5.73. The van der Waals surface area contributed by atoms with E-state index in [1.165, 1.54) is 0 Å². The second kappa shape index (κ2) is 4.99. The number of carboxylic acids is 1. The van der Waals surface area contributed by atoms with Gasteiger partial charge in [-0.2, -0.15) is 0 Å². The van der Waals surface area contributed by atoms with Crippen LogP contribution in [0.3, 0.4) is 0 Å². The number of carbonyl (C=O) groups excluding carboxylic acids is 1. The molecule has 0 bridgehead atoms. The molecule has 0 atom stereocenters. The Bertz CT molecular complexity index is 438. The Morgan fingerprint density at radius 2 is 1.88 bits per heavy atom. The van der Waals surface area contributed by atoms with Crippen molar-refractivity contribution in [2.45, 2.75) is 25.8 Å². The highest BCUT2D eigenvalue weighted by Crippen LogP contribution is 2.28. The first-order chi connectivity index (χ1) is 8.16. The molecule has 0 spiro atoms. The van der Waals surface area contributed by atoms with E-state index in [1.807, 2.05) is 18.2 Å². The zero-order chi connectivity index (χ0) is 12.3. The SMILES string of the molecule is O=C(O)Cc1ccccc1CNC(=O)C1CC1. The summed E-state index contributed by atoms with van der Waals surface area (Å²) in [5, 5.41) is 11.6. The lowest BCUT2D eigenvalue weighted by atomic mass is 10.0. The van der Waals surface area contributed by atoms with Gasteiger partial charge in [0.15, 0.2) is 0 Å². The van der Waals surface area contributed by atoms with Crippen LogP contribution < -0.4 is 5.32 Å². The Morgan fingerprint density at radius 3 is 2.47 bits per heavy atom. The minimum absolute atomic E-state index is 0.00449. The molecule has 1 aromatic rings. The average molecular weight is 233 g/mol. The van der Waals surface area contributed by atoms with Crippen LogP contribution >= 0.6 is 0 Å². The molecule has 1 fully saturated rings. The summed E-state index contributed by atoms with van der Waals surface area (Å²) in [6.07, 6.45) is 1.95. The van der Waals surface area contributed by atoms with E-state index in [0.717, 1.165) is 24.0 Å². The maximum absolute atomic E-state index is 11.5. The van der Waals surface area contributed by atoms with Crippen molar-refractivity contribution in [1.29, 1.82) is 0 Å². The van der Waals surface area contributed by atoms with Crippen LogP contribution in [0.25, 0.3) is 0 Å². The van der Waals surface area contributed by atoms with E-state index in [-0.39, 0.29) is 18.2 Å². The molecule has 1 amide bonds. The lowest BCUT2D eigenvalue weighted by Crippen LogP contribution is -2.24. The van der Waals surface area contributed by atoms with E-state index < -0.39 is 5.97 Å². The molecule has 0 aromatic heterocycles. The molecule has 1 aromatic carbocycles. The van der Waals surface area contributed by atoms with E-state index in [4.69, 9.17) is 5.11 Å². The van der Waals surface area contributed by atoms with Crippen LogP contribution in [-0.4, -0.2) is 17.0 Å². The summed E-state index contributed by atoms with van der Waals surface area (Å²) < 4.78 is 0. The van der Waals surface area contributed by atoms with Gasteiger partial charge in [-0.25, -0.2) is 0 Å². The van der Waals surface area contributed by atoms with Crippen LogP contribution in [0, 0.1) is 5.92 Å². The fourth-order valence-electron chi connectivity index (χ4n) is 1.74. The molecular weight excluding hydrogens is 218 g/mol. The number of aliphatic carboxylic acids is 1. The zero-order valence-electron chi connectivity index (χ0n) is 9.48. The fraction of sp³-hybridized carbons (Fsp3) is 0.385. The highest BCUT2D eigenvalue weighted by Gasteiger charge is 2.29. The standard InChI is InChI=1S/C13H15NO3/c15-12(16)7-10-3-1-2-4-11(10)8-14-13(17)9-5-6-9/h1-4,9H,5-8H2,(H,14,17)(H,15,16). The van der Waals surface area contributed by atoms with Crippen LogP contribution in [-0.2, 0) is 22.6 Å². The summed E-state index contributed by atoms with van der Waals surface area (Å²) in [7, 11) is 0. The number of hydrogen-bond donors (Lipinski definition) is 2. The van der Waals surface area contributed by atoms with Crippen LogP contribution in [0.15, 0.2) is 24.3 Å². The topological polar surface area (TPSA) is 66.4 Å². The van der Waals surface area contributed by atoms with Crippen molar-refractivity contribution in [2.24, 2.45) is 5.92 Å². The second-order valence-corrected chi connectivity index (χ2v) is 4.33. The van der Waals surface area contributed by atoms with E-state index >= 15 is 0 Å². The van der Waals surface area contributed by atoms with Gasteiger partial charge in [0.25, 0.3) is 0 Å². The van der Waals surface area contributed by atoms with Gasteiger partial charge in [0.2, 0.25) is 5.91 Å². The molecule has 1 aliphatic carbocycles. The van der Waals surface area contributed by atoms with Gasteiger partial charge in [0, 0.05) is 12.5 Å². The minimum Gasteiger partial charge on any atom is -0.481 e. The second-order valence-electron chi connectivity index (χ2n) is 4.33. The van der Waals surface area contributed by atoms with Gasteiger partial charge >= 0.3 is 5.97 Å². The predicted molar refractivity (Wildman–Crippen MR) is 62.4 cm³/mol. The maximum Gasteiger partial charge on any atom is 0.307 e. The Labute approximate surface area is 99.6 Å². The predicted octanol–water partition coefficient (Wildman–Crippen LogP) is 1.34. The zero-order valence-corrected chi connectivity index (χ0v) is 9.48. The highest BCUT2D eigenvalue weighted by atomic mass is 16.4. The number of amides is 1. The van der Waals surface area contributed by atoms with Gasteiger partial charge in [0.05, 0.1) is 6.42 Å². The summed E-state index contributed by atoms with van der Waals surface area (Å²) in [5.41, 5.74) is 1.64. The molecule has 1 saturated carbocycles. The number of benzene rings is 1. The van der Waals surface area contributed by atoms with Crippen molar-refractivity contribution in [3.8, 4) is 0 Å². The van der Waals surface area contributed by atoms with Crippen LogP contribution in [0.5, 0.6) is 0 Å². The summed E-state index contributed by atoms with van der Waals surface area (Å²) in [6, 6.07) is 7.30. The number of nitrogens with one attached hydrogen (secondary N) is 1. The Hall–Kier alpha value is -1.84. The number of hydrogen-bond acceptors (Lipinski definition) is 2. The average Bonchev–Trinajstić information content (AvgIpc) is 3.10. The lowest BCUT2D eigenvalue weighted by molar-refractivity contribution is -0.136. The maximum atomic E-state index is 11.5. The molecule has 0 aliphatic heterocycles. The Morgan fingerprint density at radius 1 is 1.24 bits per heavy atom. The third kappa shape index (κ3) is 3.31. The molecule has 0 radical (unpaired) electrons. The molecule has 90 valence electrons. The summed E-state index contributed by atoms with van der Waals surface area (Å²) in [6.45, 7) is 0.415. The number of carboxylic acid groups (broad SMARTS) is 1. The van der Waals surface area contributed by atoms with E-state index in [0.29, 0.717) is 6.54 Å². The molecule has 2 N–H and O–H groups in total. The van der Waals surface area contributed by atoms with Gasteiger partial charge < -0.3 is 10.4 Å². The quantitative estimate of drug-likeness (QED) is 0.806. The van der Waals surface area contributed by atoms with Gasteiger partial charge in [0.1, 0.15) is 0 Å². The van der Waals surface area contributed by atoms with Crippen molar-refractivity contribution < 1.29 is 14.7 Å². The van der Waals surface area contributed by atoms with Crippen LogP contribution in [0.4, 0.5) is 0 Å². The first kappa shape index (κ1) is 11.6. The molecule has 0 saturated heterocycles. The summed E-state index contributed by atoms with van der Waals surface area (Å²) in [4.78, 5) is 22.2. The van der Waals surface area contributed by atoms with E-state index in [2.05, 4.69) is 5.32 Å². The summed E-state index contributed by atoms with van der Waals surface area (Å²) in [5.74, 6) is -0.595. The minimum atomic E-state index is -0.856. The summed E-state index contributed by atoms with van der Waals surface area (Å²) >= 11 is 0. The van der Waals surface area contributed by atoms with Crippen molar-refractivity contribution in [3.05, 3.63) is 35.4 Å². The monoisotopic (exact) mass is 233 g/mol. The molecule has 4 heteroatoms. The van der Waals surface area contributed by atoms with Crippen molar-refractivity contribution in [2.75, 3.05) is 0 Å². The van der Waals surface area contributed by atoms with Gasteiger partial charge in [-0.1, -0.05) is 24.3 Å². The number of rotatable bonds is 5. The molecule has 17 heavy (non-hydrogen) atoms. The molecule has 0 heterocycles. The van der Waals surface area contributed by atoms with Crippen LogP contribution in [0.2, 0.25) is 0 Å². The van der Waals surface area contributed by atoms with Crippen LogP contribution in [0.1, 0.15) is 24.0 Å². The Balaban J connectivity index is 1.98. The largest absolute Gasteiger partial charge is 0.481 e. The smallest absolute Gasteiger partial charge is 0.307 e. The fourth-order valence-corrected chi connectivity index (χ4v) is 1.74. The highest BCUT2D eigenvalue weighted by molar-refractivity contribution is 5.80. The third-order valence-electron chi connectivity index (χ3n) is 2.86. The Kier molecular flexibility index (Phi) is 3.42. The first-order valence-corrected chi connectivity index (χ1v) is 5.73. The van der Waals surface area contributed by atoms with Gasteiger partial charge in [-0.15, -0.1) is 0 Å². The molecule has 0 unspecified atom stereocenters. The molecule has 4 nitrogen and oxygen atoms in total. The van der Waals surface area contributed by atoms with Gasteiger partial charge in [-0.3, -0.25) is 9.59 Å². The number of carbonyl (C=O) groups is 2. The van der Waals surface area contributed by atoms with E-state index in [9.17, 15) is 9.59 Å². The third-order valence-corrected chi connectivity index (χ3v) is 2.86. The molecule has 2 rings (SSSR count). The van der Waals surface area contributed by atoms with Crippen molar-refractivity contribution in [1.82, 2.24) is 5.32 Å². The van der Waals surface area contributed by atoms with Crippen molar-refractivity contribution >= 4 is 11.9 Å². The lowest BCUT2D eigenvalue weighted by Gasteiger charge is -2.08. The molecular formula is C13H15NO3. The van der Waals surface area contributed by atoms with E-state index in [1.54, 1.807) is 6.07 Å². The molecule has 1 aliphatic rings. The van der Waals surface area contributed by atoms with Crippen molar-refractivity contribution in [3.63, 3.8) is 0 Å². The van der Waals surface area contributed by atoms with Gasteiger partial charge in [-0.05, 0) is 24.0 Å². The normalized spacial score (nSPS) is 14.4.